The van der Waals surface area contributed by atoms with Crippen molar-refractivity contribution in [3.05, 3.63) is 23.3 Å². The second-order valence-electron chi connectivity index (χ2n) is 9.32. The van der Waals surface area contributed by atoms with Crippen LogP contribution < -0.4 is 10.7 Å². The molecule has 5 heterocycles. The van der Waals surface area contributed by atoms with Crippen molar-refractivity contribution in [2.24, 2.45) is 0 Å². The molecular weight excluding hydrogens is 468 g/mol. The summed E-state index contributed by atoms with van der Waals surface area (Å²) in [5, 5.41) is 14.4. The van der Waals surface area contributed by atoms with Gasteiger partial charge in [0.15, 0.2) is 0 Å². The van der Waals surface area contributed by atoms with Crippen molar-refractivity contribution in [2.45, 2.75) is 26.0 Å². The van der Waals surface area contributed by atoms with Gasteiger partial charge >= 0.3 is 0 Å². The van der Waals surface area contributed by atoms with Crippen molar-refractivity contribution in [2.75, 3.05) is 76.6 Å². The second kappa shape index (κ2) is 10.3. The molecule has 0 aliphatic carbocycles. The van der Waals surface area contributed by atoms with E-state index in [0.717, 1.165) is 63.2 Å². The van der Waals surface area contributed by atoms with E-state index >= 15 is 0 Å². The lowest BCUT2D eigenvalue weighted by Gasteiger charge is -2.48. The van der Waals surface area contributed by atoms with E-state index in [1.807, 2.05) is 0 Å². The minimum Gasteiger partial charge on any atom is -0.384 e. The number of nitrogens with two attached hydrogens (primary N) is 1. The Morgan fingerprint density at radius 3 is 2.54 bits per heavy atom. The van der Waals surface area contributed by atoms with Crippen LogP contribution in [-0.2, 0) is 9.53 Å². The molecule has 0 aromatic carbocycles. The number of nitrogens with zero attached hydrogens (tertiary/aromatic N) is 7. The monoisotopic (exact) mass is 502 g/mol. The molecule has 2 atom stereocenters. The van der Waals surface area contributed by atoms with Gasteiger partial charge in [-0.3, -0.25) is 19.6 Å². The standard InChI is InChI=1S/C23H34N8O3S/c1-16-21-19(11-20(35-21)18-12-25-23(24)26-13-18)31(30-7-9-34-10-8-30)15-29(16)14-27-3-5-28(6-4-27)22(33)17(2)32/h11-13,16-17,32H,3-10,14-15H2,1-2H3,(H2,24,25,26)/t16?,17-/m0/s1. The van der Waals surface area contributed by atoms with Crippen LogP contribution in [0.3, 0.4) is 0 Å². The Morgan fingerprint density at radius 1 is 1.20 bits per heavy atom. The minimum absolute atomic E-state index is 0.183. The summed E-state index contributed by atoms with van der Waals surface area (Å²) in [6.07, 6.45) is 2.63. The fraction of sp³-hybridized carbons (Fsp3) is 0.609. The first-order chi connectivity index (χ1) is 16.9. The van der Waals surface area contributed by atoms with E-state index < -0.39 is 6.10 Å². The SMILES string of the molecule is CC1c2sc(-c3cnc(N)nc3)cc2N(N2CCOCC2)CN1CN1CCN(C(=O)[C@H](C)O)CC1. The molecule has 1 amide bonds. The van der Waals surface area contributed by atoms with E-state index in [-0.39, 0.29) is 17.9 Å². The van der Waals surface area contributed by atoms with Crippen LogP contribution in [0.2, 0.25) is 0 Å². The molecule has 2 aromatic heterocycles. The summed E-state index contributed by atoms with van der Waals surface area (Å²) in [6, 6.07) is 2.49. The van der Waals surface area contributed by atoms with Gasteiger partial charge in [-0.05, 0) is 19.9 Å². The quantitative estimate of drug-likeness (QED) is 0.604. The summed E-state index contributed by atoms with van der Waals surface area (Å²) in [5.41, 5.74) is 7.91. The predicted molar refractivity (Wildman–Crippen MR) is 134 cm³/mol. The van der Waals surface area contributed by atoms with Crippen LogP contribution in [0.15, 0.2) is 18.5 Å². The van der Waals surface area contributed by atoms with Gasteiger partial charge in [0.2, 0.25) is 5.95 Å². The summed E-state index contributed by atoms with van der Waals surface area (Å²) in [4.78, 5) is 29.6. The second-order valence-corrected chi connectivity index (χ2v) is 10.4. The molecule has 2 fully saturated rings. The lowest BCUT2D eigenvalue weighted by molar-refractivity contribution is -0.141. The molecule has 11 nitrogen and oxygen atoms in total. The van der Waals surface area contributed by atoms with Gasteiger partial charge in [0.05, 0.1) is 32.2 Å². The predicted octanol–water partition coefficient (Wildman–Crippen LogP) is 0.658. The van der Waals surface area contributed by atoms with Gasteiger partial charge in [-0.2, -0.15) is 0 Å². The Bertz CT molecular complexity index is 1020. The summed E-state index contributed by atoms with van der Waals surface area (Å²) in [5.74, 6) is 0.0942. The van der Waals surface area contributed by atoms with Crippen LogP contribution in [0.25, 0.3) is 10.4 Å². The highest BCUT2D eigenvalue weighted by atomic mass is 32.1. The number of morpholine rings is 1. The number of hydrogen-bond acceptors (Lipinski definition) is 11. The lowest BCUT2D eigenvalue weighted by Crippen LogP contribution is -2.58. The van der Waals surface area contributed by atoms with Gasteiger partial charge in [0.25, 0.3) is 5.91 Å². The van der Waals surface area contributed by atoms with Gasteiger partial charge in [-0.15, -0.1) is 11.3 Å². The maximum absolute atomic E-state index is 12.2. The number of fused-ring (bicyclic) bond motifs is 1. The number of thiophene rings is 1. The lowest BCUT2D eigenvalue weighted by atomic mass is 10.1. The number of anilines is 2. The van der Waals surface area contributed by atoms with Crippen molar-refractivity contribution >= 4 is 28.9 Å². The van der Waals surface area contributed by atoms with Gasteiger partial charge in [-0.1, -0.05) is 0 Å². The summed E-state index contributed by atoms with van der Waals surface area (Å²) in [6.45, 7) is 11.5. The molecule has 0 bridgehead atoms. The molecule has 0 spiro atoms. The Morgan fingerprint density at radius 2 is 1.89 bits per heavy atom. The van der Waals surface area contributed by atoms with Crippen molar-refractivity contribution in [3.8, 4) is 10.4 Å². The Balaban J connectivity index is 1.35. The highest BCUT2D eigenvalue weighted by molar-refractivity contribution is 7.16. The number of aliphatic hydroxyl groups is 1. The Labute approximate surface area is 209 Å². The summed E-state index contributed by atoms with van der Waals surface area (Å²) < 4.78 is 5.61. The molecule has 3 N–H and O–H groups in total. The maximum Gasteiger partial charge on any atom is 0.251 e. The zero-order valence-electron chi connectivity index (χ0n) is 20.3. The molecule has 2 aromatic rings. The average Bonchev–Trinajstić information content (AvgIpc) is 3.32. The number of aliphatic hydroxyl groups excluding tert-OH is 1. The number of nitrogen functional groups attached to an aromatic ring is 1. The van der Waals surface area contributed by atoms with Crippen LogP contribution in [-0.4, -0.2) is 113 Å². The van der Waals surface area contributed by atoms with Gasteiger partial charge in [-0.25, -0.2) is 15.0 Å². The molecule has 0 saturated carbocycles. The molecule has 3 aliphatic heterocycles. The summed E-state index contributed by atoms with van der Waals surface area (Å²) >= 11 is 1.78. The molecule has 5 rings (SSSR count). The Hall–Kier alpha value is -2.35. The molecule has 3 aliphatic rings. The van der Waals surface area contributed by atoms with Crippen LogP contribution in [0.1, 0.15) is 24.8 Å². The maximum atomic E-state index is 12.2. The number of amides is 1. The number of rotatable bonds is 5. The molecule has 12 heteroatoms. The number of ether oxygens (including phenoxy) is 1. The van der Waals surface area contributed by atoms with Crippen molar-refractivity contribution in [3.63, 3.8) is 0 Å². The minimum atomic E-state index is -0.941. The van der Waals surface area contributed by atoms with Crippen LogP contribution >= 0.6 is 11.3 Å². The zero-order valence-corrected chi connectivity index (χ0v) is 21.2. The highest BCUT2D eigenvalue weighted by Crippen LogP contribution is 2.45. The first-order valence-electron chi connectivity index (χ1n) is 12.2. The molecule has 2 saturated heterocycles. The van der Waals surface area contributed by atoms with Crippen LogP contribution in [0, 0.1) is 0 Å². The number of piperazine rings is 1. The van der Waals surface area contributed by atoms with Gasteiger partial charge < -0.3 is 20.5 Å². The average molecular weight is 503 g/mol. The fourth-order valence-electron chi connectivity index (χ4n) is 4.88. The molecule has 1 unspecified atom stereocenters. The molecule has 0 radical (unpaired) electrons. The number of hydrazine groups is 1. The normalized spacial score (nSPS) is 23.3. The zero-order chi connectivity index (χ0) is 24.5. The van der Waals surface area contributed by atoms with E-state index in [4.69, 9.17) is 10.5 Å². The largest absolute Gasteiger partial charge is 0.384 e. The van der Waals surface area contributed by atoms with Gasteiger partial charge in [0, 0.05) is 73.0 Å². The fourth-order valence-corrected chi connectivity index (χ4v) is 6.09. The highest BCUT2D eigenvalue weighted by Gasteiger charge is 2.36. The molecular formula is C23H34N8O3S. The third-order valence-electron chi connectivity index (χ3n) is 6.97. The van der Waals surface area contributed by atoms with E-state index in [2.05, 4.69) is 42.8 Å². The Kier molecular flexibility index (Phi) is 7.19. The number of aromatic nitrogens is 2. The van der Waals surface area contributed by atoms with E-state index in [9.17, 15) is 9.90 Å². The van der Waals surface area contributed by atoms with Crippen molar-refractivity contribution in [1.29, 1.82) is 0 Å². The topological polar surface area (TPSA) is 115 Å². The number of hydrogen-bond donors (Lipinski definition) is 2. The molecule has 190 valence electrons. The van der Waals surface area contributed by atoms with E-state index in [1.54, 1.807) is 28.6 Å². The first-order valence-corrected chi connectivity index (χ1v) is 13.0. The van der Waals surface area contributed by atoms with Crippen molar-refractivity contribution in [1.82, 2.24) is 29.7 Å². The van der Waals surface area contributed by atoms with Crippen LogP contribution in [0.4, 0.5) is 11.6 Å². The van der Waals surface area contributed by atoms with Crippen LogP contribution in [0.5, 0.6) is 0 Å². The van der Waals surface area contributed by atoms with Gasteiger partial charge in [0.1, 0.15) is 6.10 Å². The number of carbonyl (C=O) groups excluding carboxylic acids is 1. The first kappa shape index (κ1) is 24.3. The van der Waals surface area contributed by atoms with E-state index in [0.29, 0.717) is 13.1 Å². The smallest absolute Gasteiger partial charge is 0.251 e. The van der Waals surface area contributed by atoms with E-state index in [1.165, 1.54) is 17.5 Å². The molecule has 35 heavy (non-hydrogen) atoms. The van der Waals surface area contributed by atoms with Crippen molar-refractivity contribution < 1.29 is 14.6 Å². The summed E-state index contributed by atoms with van der Waals surface area (Å²) in [7, 11) is 0. The number of carbonyl (C=O) groups is 1. The third kappa shape index (κ3) is 5.13. The third-order valence-corrected chi connectivity index (χ3v) is 8.31.